The number of ether oxygens (including phenoxy) is 2. The van der Waals surface area contributed by atoms with Gasteiger partial charge in [0.25, 0.3) is 5.91 Å². The van der Waals surface area contributed by atoms with E-state index in [4.69, 9.17) is 14.6 Å². The fraction of sp³-hybridized carbons (Fsp3) is 0.323. The van der Waals surface area contributed by atoms with Gasteiger partial charge < -0.3 is 19.9 Å². The topological polar surface area (TPSA) is 102 Å². The van der Waals surface area contributed by atoms with E-state index in [9.17, 15) is 14.4 Å². The molecule has 0 bridgehead atoms. The highest BCUT2D eigenvalue weighted by molar-refractivity contribution is 5.96. The summed E-state index contributed by atoms with van der Waals surface area (Å²) in [6.07, 6.45) is 3.55. The van der Waals surface area contributed by atoms with Crippen molar-refractivity contribution in [2.24, 2.45) is 5.92 Å². The Morgan fingerprint density at radius 2 is 1.34 bits per heavy atom. The highest BCUT2D eigenvalue weighted by Gasteiger charge is 2.26. The molecule has 4 rings (SSSR count). The highest BCUT2D eigenvalue weighted by Crippen LogP contribution is 2.28. The fourth-order valence-electron chi connectivity index (χ4n) is 4.45. The minimum Gasteiger partial charge on any atom is -0.490 e. The summed E-state index contributed by atoms with van der Waals surface area (Å²) in [5.41, 5.74) is 2.28. The number of aryl methyl sites for hydroxylation is 1. The first-order valence-electron chi connectivity index (χ1n) is 13.0. The SMILES string of the molecule is Cc1ccc(Oc2ccc(C(=O)NCCCC(=O)c3ccc(OC4CCC(C(=O)O)CC4)cc3)cc2)cc1. The second kappa shape index (κ2) is 12.9. The van der Waals surface area contributed by atoms with Crippen molar-refractivity contribution in [2.45, 2.75) is 51.6 Å². The number of hydrogen-bond donors (Lipinski definition) is 2. The number of carbonyl (C=O) groups excluding carboxylic acids is 2. The van der Waals surface area contributed by atoms with Crippen molar-refractivity contribution in [1.82, 2.24) is 5.32 Å². The largest absolute Gasteiger partial charge is 0.490 e. The Balaban J connectivity index is 1.16. The number of carboxylic acids is 1. The normalized spacial score (nSPS) is 16.9. The molecule has 2 N–H and O–H groups in total. The molecule has 1 amide bonds. The zero-order valence-corrected chi connectivity index (χ0v) is 21.5. The summed E-state index contributed by atoms with van der Waals surface area (Å²) in [5.74, 6) is 0.873. The van der Waals surface area contributed by atoms with Crippen molar-refractivity contribution in [3.63, 3.8) is 0 Å². The van der Waals surface area contributed by atoms with Crippen molar-refractivity contribution in [3.05, 3.63) is 89.5 Å². The number of amides is 1. The molecule has 1 fully saturated rings. The Hall–Kier alpha value is -4.13. The standard InChI is InChI=1S/C31H33NO6/c1-21-4-12-25(13-5-21)37-27-16-8-23(9-17-27)30(34)32-20-2-3-29(33)22-6-14-26(15-7-22)38-28-18-10-24(11-19-28)31(35)36/h4-9,12-17,24,28H,2-3,10-11,18-20H2,1H3,(H,32,34)(H,35,36). The molecule has 0 atom stereocenters. The molecule has 3 aromatic carbocycles. The molecule has 1 aliphatic carbocycles. The molecular weight excluding hydrogens is 482 g/mol. The summed E-state index contributed by atoms with van der Waals surface area (Å²) in [4.78, 5) is 36.1. The fourth-order valence-corrected chi connectivity index (χ4v) is 4.45. The van der Waals surface area contributed by atoms with Crippen molar-refractivity contribution in [1.29, 1.82) is 0 Å². The molecule has 1 aliphatic rings. The zero-order valence-electron chi connectivity index (χ0n) is 21.5. The van der Waals surface area contributed by atoms with Crippen LogP contribution in [0.5, 0.6) is 17.2 Å². The average molecular weight is 516 g/mol. The molecular formula is C31H33NO6. The number of benzene rings is 3. The lowest BCUT2D eigenvalue weighted by molar-refractivity contribution is -0.143. The summed E-state index contributed by atoms with van der Waals surface area (Å²) in [5, 5.41) is 12.0. The van der Waals surface area contributed by atoms with Gasteiger partial charge >= 0.3 is 5.97 Å². The molecule has 198 valence electrons. The van der Waals surface area contributed by atoms with Gasteiger partial charge in [-0.25, -0.2) is 0 Å². The van der Waals surface area contributed by atoms with Crippen LogP contribution in [0.2, 0.25) is 0 Å². The van der Waals surface area contributed by atoms with E-state index in [0.717, 1.165) is 11.3 Å². The van der Waals surface area contributed by atoms with E-state index in [1.807, 2.05) is 31.2 Å². The first kappa shape index (κ1) is 26.9. The Kier molecular flexibility index (Phi) is 9.14. The molecule has 7 heteroatoms. The summed E-state index contributed by atoms with van der Waals surface area (Å²) in [6, 6.07) is 21.8. The third kappa shape index (κ3) is 7.68. The summed E-state index contributed by atoms with van der Waals surface area (Å²) < 4.78 is 11.8. The van der Waals surface area contributed by atoms with Crippen LogP contribution in [-0.4, -0.2) is 35.4 Å². The van der Waals surface area contributed by atoms with Gasteiger partial charge in [0.2, 0.25) is 0 Å². The number of ketones is 1. The van der Waals surface area contributed by atoms with Gasteiger partial charge in [-0.05, 0) is 99.7 Å². The van der Waals surface area contributed by atoms with E-state index < -0.39 is 5.97 Å². The van der Waals surface area contributed by atoms with Crippen molar-refractivity contribution in [2.75, 3.05) is 6.54 Å². The van der Waals surface area contributed by atoms with Crippen LogP contribution in [-0.2, 0) is 4.79 Å². The third-order valence-electron chi connectivity index (χ3n) is 6.74. The van der Waals surface area contributed by atoms with Gasteiger partial charge in [0, 0.05) is 24.1 Å². The van der Waals surface area contributed by atoms with Crippen LogP contribution in [0.15, 0.2) is 72.8 Å². The van der Waals surface area contributed by atoms with E-state index in [1.165, 1.54) is 0 Å². The lowest BCUT2D eigenvalue weighted by Crippen LogP contribution is -2.27. The first-order valence-corrected chi connectivity index (χ1v) is 13.0. The molecule has 7 nitrogen and oxygen atoms in total. The van der Waals surface area contributed by atoms with Gasteiger partial charge in [0.05, 0.1) is 12.0 Å². The minimum atomic E-state index is -0.732. The summed E-state index contributed by atoms with van der Waals surface area (Å²) >= 11 is 0. The number of carboxylic acid groups (broad SMARTS) is 1. The van der Waals surface area contributed by atoms with E-state index in [-0.39, 0.29) is 23.7 Å². The van der Waals surface area contributed by atoms with Crippen LogP contribution in [0.1, 0.15) is 64.8 Å². The van der Waals surface area contributed by atoms with E-state index in [1.54, 1.807) is 48.5 Å². The van der Waals surface area contributed by atoms with Crippen LogP contribution < -0.4 is 14.8 Å². The Morgan fingerprint density at radius 3 is 1.95 bits per heavy atom. The third-order valence-corrected chi connectivity index (χ3v) is 6.74. The van der Waals surface area contributed by atoms with Gasteiger partial charge in [0.1, 0.15) is 17.2 Å². The molecule has 0 heterocycles. The second-order valence-electron chi connectivity index (χ2n) is 9.68. The maximum atomic E-state index is 12.5. The Labute approximate surface area is 222 Å². The maximum Gasteiger partial charge on any atom is 0.306 e. The molecule has 0 unspecified atom stereocenters. The Bertz CT molecular complexity index is 1230. The van der Waals surface area contributed by atoms with E-state index in [0.29, 0.717) is 67.7 Å². The van der Waals surface area contributed by atoms with Gasteiger partial charge in [-0.2, -0.15) is 0 Å². The second-order valence-corrected chi connectivity index (χ2v) is 9.68. The Morgan fingerprint density at radius 1 is 0.789 bits per heavy atom. The van der Waals surface area contributed by atoms with E-state index in [2.05, 4.69) is 5.32 Å². The zero-order chi connectivity index (χ0) is 26.9. The predicted molar refractivity (Wildman–Crippen MR) is 144 cm³/mol. The van der Waals surface area contributed by atoms with Crippen molar-refractivity contribution in [3.8, 4) is 17.2 Å². The molecule has 38 heavy (non-hydrogen) atoms. The number of hydrogen-bond acceptors (Lipinski definition) is 5. The van der Waals surface area contributed by atoms with Gasteiger partial charge in [-0.1, -0.05) is 17.7 Å². The van der Waals surface area contributed by atoms with Gasteiger partial charge in [0.15, 0.2) is 5.78 Å². The van der Waals surface area contributed by atoms with Crippen molar-refractivity contribution >= 4 is 17.7 Å². The smallest absolute Gasteiger partial charge is 0.306 e. The quantitative estimate of drug-likeness (QED) is 0.233. The van der Waals surface area contributed by atoms with Crippen LogP contribution in [0, 0.1) is 12.8 Å². The molecule has 0 aromatic heterocycles. The van der Waals surface area contributed by atoms with E-state index >= 15 is 0 Å². The number of carbonyl (C=O) groups is 3. The summed E-state index contributed by atoms with van der Waals surface area (Å²) in [6.45, 7) is 2.41. The lowest BCUT2D eigenvalue weighted by atomic mass is 9.87. The average Bonchev–Trinajstić information content (AvgIpc) is 2.93. The van der Waals surface area contributed by atoms with Crippen LogP contribution in [0.4, 0.5) is 0 Å². The summed E-state index contributed by atoms with van der Waals surface area (Å²) in [7, 11) is 0. The molecule has 0 saturated heterocycles. The molecule has 1 saturated carbocycles. The monoisotopic (exact) mass is 515 g/mol. The van der Waals surface area contributed by atoms with Gasteiger partial charge in [-0.3, -0.25) is 14.4 Å². The number of rotatable bonds is 11. The lowest BCUT2D eigenvalue weighted by Gasteiger charge is -2.26. The predicted octanol–water partition coefficient (Wildman–Crippen LogP) is 6.20. The van der Waals surface area contributed by atoms with Crippen LogP contribution in [0.3, 0.4) is 0 Å². The number of nitrogens with one attached hydrogen (secondary N) is 1. The maximum absolute atomic E-state index is 12.5. The number of aliphatic carboxylic acids is 1. The molecule has 0 aliphatic heterocycles. The highest BCUT2D eigenvalue weighted by atomic mass is 16.5. The van der Waals surface area contributed by atoms with Gasteiger partial charge in [-0.15, -0.1) is 0 Å². The minimum absolute atomic E-state index is 0.00497. The first-order chi connectivity index (χ1) is 18.4. The number of Topliss-reactive ketones (excluding diaryl/α,β-unsaturated/α-hetero) is 1. The van der Waals surface area contributed by atoms with Crippen LogP contribution >= 0.6 is 0 Å². The molecule has 0 spiro atoms. The van der Waals surface area contributed by atoms with Crippen LogP contribution in [0.25, 0.3) is 0 Å². The molecule has 0 radical (unpaired) electrons. The molecule has 3 aromatic rings. The van der Waals surface area contributed by atoms with Crippen molar-refractivity contribution < 1.29 is 29.0 Å².